The standard InChI is InChI=1S/C27H26ClFN4O2S/c1-17-20(5-2-6-22(17)29)16-33-13-3-4-18(15-33)14-25-31-26(32-35-25)19-7-9-21(10-8-19)30-27(34)23-11-12-24(28)36-23/h2,5-12,18H,3-4,13-16H2,1H3,(H,30,34). The van der Waals surface area contributed by atoms with E-state index in [2.05, 4.69) is 20.4 Å². The van der Waals surface area contributed by atoms with Crippen molar-refractivity contribution in [3.63, 3.8) is 0 Å². The number of piperidine rings is 1. The summed E-state index contributed by atoms with van der Waals surface area (Å²) in [5.41, 5.74) is 3.25. The number of rotatable bonds is 7. The van der Waals surface area contributed by atoms with E-state index in [9.17, 15) is 9.18 Å². The van der Waals surface area contributed by atoms with Gasteiger partial charge in [0, 0.05) is 30.8 Å². The minimum Gasteiger partial charge on any atom is -0.339 e. The van der Waals surface area contributed by atoms with Crippen LogP contribution in [-0.4, -0.2) is 34.0 Å². The van der Waals surface area contributed by atoms with Crippen LogP contribution in [0.25, 0.3) is 11.4 Å². The van der Waals surface area contributed by atoms with Crippen molar-refractivity contribution in [2.75, 3.05) is 18.4 Å². The molecule has 4 aromatic rings. The zero-order valence-electron chi connectivity index (χ0n) is 19.8. The third-order valence-corrected chi connectivity index (χ3v) is 7.74. The molecule has 1 N–H and O–H groups in total. The molecule has 1 saturated heterocycles. The number of nitrogens with zero attached hydrogens (tertiary/aromatic N) is 3. The number of hydrogen-bond donors (Lipinski definition) is 1. The molecule has 0 bridgehead atoms. The Bertz CT molecular complexity index is 1350. The quantitative estimate of drug-likeness (QED) is 0.294. The summed E-state index contributed by atoms with van der Waals surface area (Å²) in [6, 6.07) is 16.0. The lowest BCUT2D eigenvalue weighted by Gasteiger charge is -2.32. The number of nitrogens with one attached hydrogen (secondary N) is 1. The van der Waals surface area contributed by atoms with Gasteiger partial charge in [-0.15, -0.1) is 11.3 Å². The van der Waals surface area contributed by atoms with Crippen molar-refractivity contribution >= 4 is 34.5 Å². The lowest BCUT2D eigenvalue weighted by atomic mass is 9.94. The Labute approximate surface area is 218 Å². The molecule has 6 nitrogen and oxygen atoms in total. The molecule has 5 rings (SSSR count). The number of amides is 1. The van der Waals surface area contributed by atoms with Crippen LogP contribution in [-0.2, 0) is 13.0 Å². The number of carbonyl (C=O) groups is 1. The summed E-state index contributed by atoms with van der Waals surface area (Å²) in [4.78, 5) is 19.9. The molecule has 1 atom stereocenters. The first-order chi connectivity index (χ1) is 17.4. The van der Waals surface area contributed by atoms with Crippen LogP contribution in [0.1, 0.15) is 39.5 Å². The van der Waals surface area contributed by atoms with Crippen molar-refractivity contribution in [2.24, 2.45) is 5.92 Å². The van der Waals surface area contributed by atoms with Gasteiger partial charge in [-0.25, -0.2) is 4.39 Å². The number of thiophene rings is 1. The molecule has 1 unspecified atom stereocenters. The normalized spacial score (nSPS) is 16.2. The van der Waals surface area contributed by atoms with E-state index in [0.29, 0.717) is 39.0 Å². The molecule has 0 saturated carbocycles. The Kier molecular flexibility index (Phi) is 7.46. The van der Waals surface area contributed by atoms with Gasteiger partial charge in [-0.2, -0.15) is 4.98 Å². The highest BCUT2D eigenvalue weighted by Crippen LogP contribution is 2.26. The number of halogens is 2. The molecular formula is C27H26ClFN4O2S. The maximum atomic E-state index is 13.9. The van der Waals surface area contributed by atoms with E-state index in [1.165, 1.54) is 17.4 Å². The minimum atomic E-state index is -0.199. The number of hydrogen-bond acceptors (Lipinski definition) is 6. The maximum Gasteiger partial charge on any atom is 0.265 e. The van der Waals surface area contributed by atoms with E-state index < -0.39 is 0 Å². The summed E-state index contributed by atoms with van der Waals surface area (Å²) in [6.45, 7) is 4.51. The van der Waals surface area contributed by atoms with Gasteiger partial charge in [-0.3, -0.25) is 9.69 Å². The van der Waals surface area contributed by atoms with E-state index in [0.717, 1.165) is 49.2 Å². The second-order valence-electron chi connectivity index (χ2n) is 9.12. The minimum absolute atomic E-state index is 0.151. The summed E-state index contributed by atoms with van der Waals surface area (Å²) >= 11 is 7.15. The van der Waals surface area contributed by atoms with Gasteiger partial charge >= 0.3 is 0 Å². The maximum absolute atomic E-state index is 13.9. The van der Waals surface area contributed by atoms with Crippen LogP contribution in [0, 0.1) is 18.7 Å². The van der Waals surface area contributed by atoms with E-state index in [4.69, 9.17) is 16.1 Å². The Balaban J connectivity index is 1.18. The molecule has 0 radical (unpaired) electrons. The van der Waals surface area contributed by atoms with Crippen LogP contribution < -0.4 is 5.32 Å². The van der Waals surface area contributed by atoms with Gasteiger partial charge in [0.15, 0.2) is 0 Å². The SMILES string of the molecule is Cc1c(F)cccc1CN1CCCC(Cc2nc(-c3ccc(NC(=O)c4ccc(Cl)s4)cc3)no2)C1. The number of aromatic nitrogens is 2. The van der Waals surface area contributed by atoms with Crippen LogP contribution >= 0.6 is 22.9 Å². The molecule has 1 amide bonds. The number of benzene rings is 2. The summed E-state index contributed by atoms with van der Waals surface area (Å²) in [6.07, 6.45) is 2.90. The first kappa shape index (κ1) is 24.6. The fraction of sp³-hybridized carbons (Fsp3) is 0.296. The van der Waals surface area contributed by atoms with Gasteiger partial charge in [0.2, 0.25) is 11.7 Å². The Morgan fingerprint density at radius 1 is 1.22 bits per heavy atom. The van der Waals surface area contributed by atoms with E-state index >= 15 is 0 Å². The molecule has 3 heterocycles. The lowest BCUT2D eigenvalue weighted by Crippen LogP contribution is -2.36. The first-order valence-corrected chi connectivity index (χ1v) is 13.1. The molecule has 1 fully saturated rings. The van der Waals surface area contributed by atoms with Crippen LogP contribution in [0.3, 0.4) is 0 Å². The lowest BCUT2D eigenvalue weighted by molar-refractivity contribution is 0.103. The number of anilines is 1. The van der Waals surface area contributed by atoms with Crippen molar-refractivity contribution in [1.29, 1.82) is 0 Å². The summed E-state index contributed by atoms with van der Waals surface area (Å²) < 4.78 is 20.1. The Morgan fingerprint density at radius 2 is 2.06 bits per heavy atom. The molecule has 36 heavy (non-hydrogen) atoms. The van der Waals surface area contributed by atoms with E-state index in [1.807, 2.05) is 37.3 Å². The third kappa shape index (κ3) is 5.83. The average Bonchev–Trinajstić information content (AvgIpc) is 3.52. The van der Waals surface area contributed by atoms with Gasteiger partial charge in [-0.05, 0) is 85.8 Å². The molecule has 0 aliphatic carbocycles. The average molecular weight is 525 g/mol. The molecule has 1 aliphatic heterocycles. The highest BCUT2D eigenvalue weighted by atomic mass is 35.5. The Morgan fingerprint density at radius 3 is 2.83 bits per heavy atom. The predicted molar refractivity (Wildman–Crippen MR) is 140 cm³/mol. The van der Waals surface area contributed by atoms with Crippen LogP contribution in [0.5, 0.6) is 0 Å². The second kappa shape index (κ2) is 10.9. The summed E-state index contributed by atoms with van der Waals surface area (Å²) in [5, 5.41) is 7.02. The predicted octanol–water partition coefficient (Wildman–Crippen LogP) is 6.61. The first-order valence-electron chi connectivity index (χ1n) is 11.9. The zero-order valence-corrected chi connectivity index (χ0v) is 21.4. The van der Waals surface area contributed by atoms with Crippen molar-refractivity contribution in [3.05, 3.63) is 86.6 Å². The smallest absolute Gasteiger partial charge is 0.265 e. The van der Waals surface area contributed by atoms with Gasteiger partial charge in [-0.1, -0.05) is 28.9 Å². The van der Waals surface area contributed by atoms with Crippen LogP contribution in [0.4, 0.5) is 10.1 Å². The third-order valence-electron chi connectivity index (χ3n) is 6.51. The van der Waals surface area contributed by atoms with Crippen LogP contribution in [0.15, 0.2) is 59.1 Å². The highest BCUT2D eigenvalue weighted by molar-refractivity contribution is 7.18. The van der Waals surface area contributed by atoms with E-state index in [-0.39, 0.29) is 11.7 Å². The Hall–Kier alpha value is -3.07. The van der Waals surface area contributed by atoms with E-state index in [1.54, 1.807) is 18.2 Å². The van der Waals surface area contributed by atoms with Crippen molar-refractivity contribution in [1.82, 2.24) is 15.0 Å². The molecular weight excluding hydrogens is 499 g/mol. The fourth-order valence-corrected chi connectivity index (χ4v) is 5.50. The number of carbonyl (C=O) groups excluding carboxylic acids is 1. The molecule has 1 aliphatic rings. The highest BCUT2D eigenvalue weighted by Gasteiger charge is 2.23. The van der Waals surface area contributed by atoms with Crippen molar-refractivity contribution in [2.45, 2.75) is 32.7 Å². The molecule has 0 spiro atoms. The molecule has 9 heteroatoms. The largest absolute Gasteiger partial charge is 0.339 e. The zero-order chi connectivity index (χ0) is 25.1. The number of likely N-dealkylation sites (tertiary alicyclic amines) is 1. The second-order valence-corrected chi connectivity index (χ2v) is 10.8. The summed E-state index contributed by atoms with van der Waals surface area (Å²) in [7, 11) is 0. The summed E-state index contributed by atoms with van der Waals surface area (Å²) in [5.74, 6) is 1.20. The monoisotopic (exact) mass is 524 g/mol. The van der Waals surface area contributed by atoms with Gasteiger partial charge in [0.25, 0.3) is 5.91 Å². The van der Waals surface area contributed by atoms with Gasteiger partial charge in [0.1, 0.15) is 5.82 Å². The molecule has 2 aromatic carbocycles. The topological polar surface area (TPSA) is 71.3 Å². The van der Waals surface area contributed by atoms with Gasteiger partial charge in [0.05, 0.1) is 9.21 Å². The van der Waals surface area contributed by atoms with Crippen molar-refractivity contribution < 1.29 is 13.7 Å². The van der Waals surface area contributed by atoms with Crippen LogP contribution in [0.2, 0.25) is 4.34 Å². The molecule has 186 valence electrons. The van der Waals surface area contributed by atoms with Crippen molar-refractivity contribution in [3.8, 4) is 11.4 Å². The fourth-order valence-electron chi connectivity index (χ4n) is 4.56. The molecule has 2 aromatic heterocycles. The van der Waals surface area contributed by atoms with Gasteiger partial charge < -0.3 is 9.84 Å².